The third-order valence-corrected chi connectivity index (χ3v) is 4.56. The Kier molecular flexibility index (Phi) is 6.05. The molecule has 0 unspecified atom stereocenters. The van der Waals surface area contributed by atoms with Crippen molar-refractivity contribution in [3.8, 4) is 0 Å². The van der Waals surface area contributed by atoms with Crippen molar-refractivity contribution in [1.82, 2.24) is 9.29 Å². The zero-order chi connectivity index (χ0) is 15.2. The molecule has 20 heavy (non-hydrogen) atoms. The highest BCUT2D eigenvalue weighted by Crippen LogP contribution is 2.13. The number of aliphatic hydroxyl groups excluding tert-OH is 1. The van der Waals surface area contributed by atoms with Crippen molar-refractivity contribution in [3.63, 3.8) is 0 Å². The number of nitrogens with zero attached hydrogens (tertiary/aromatic N) is 2. The first kappa shape index (κ1) is 16.5. The molecule has 0 radical (unpaired) electrons. The first-order valence-corrected chi connectivity index (χ1v) is 7.60. The van der Waals surface area contributed by atoms with E-state index < -0.39 is 16.0 Å². The summed E-state index contributed by atoms with van der Waals surface area (Å²) in [5, 5.41) is 17.2. The highest BCUT2D eigenvalue weighted by atomic mass is 32.2. The van der Waals surface area contributed by atoms with E-state index in [-0.39, 0.29) is 17.2 Å². The second-order valence-electron chi connectivity index (χ2n) is 4.30. The zero-order valence-electron chi connectivity index (χ0n) is 11.2. The highest BCUT2D eigenvalue weighted by Gasteiger charge is 2.22. The number of carbonyl (C=O) groups is 1. The standard InChI is InChI=1S/C12H18N2O5S/c1-14(7-3-2-4-8-15)20(18,19)11-6-5-10(9-13-11)12(16)17/h5-6,9,15H,2-4,7-8H2,1H3,(H,16,17). The van der Waals surface area contributed by atoms with Crippen molar-refractivity contribution in [2.24, 2.45) is 0 Å². The van der Waals surface area contributed by atoms with Crippen LogP contribution >= 0.6 is 0 Å². The summed E-state index contributed by atoms with van der Waals surface area (Å²) in [6.07, 6.45) is 3.04. The normalized spacial score (nSPS) is 11.8. The average molecular weight is 302 g/mol. The van der Waals surface area contributed by atoms with Crippen LogP contribution in [0.3, 0.4) is 0 Å². The fourth-order valence-electron chi connectivity index (χ4n) is 1.56. The summed E-state index contributed by atoms with van der Waals surface area (Å²) in [6.45, 7) is 0.416. The van der Waals surface area contributed by atoms with Gasteiger partial charge in [0.25, 0.3) is 10.0 Å². The summed E-state index contributed by atoms with van der Waals surface area (Å²) in [5.41, 5.74) is -0.0606. The van der Waals surface area contributed by atoms with Crippen molar-refractivity contribution in [2.45, 2.75) is 24.3 Å². The van der Waals surface area contributed by atoms with Gasteiger partial charge in [0.05, 0.1) is 5.56 Å². The van der Waals surface area contributed by atoms with E-state index in [0.717, 1.165) is 12.6 Å². The summed E-state index contributed by atoms with van der Waals surface area (Å²) in [4.78, 5) is 14.4. The lowest BCUT2D eigenvalue weighted by molar-refractivity contribution is 0.0696. The van der Waals surface area contributed by atoms with Crippen molar-refractivity contribution >= 4 is 16.0 Å². The molecule has 8 heteroatoms. The van der Waals surface area contributed by atoms with Crippen LogP contribution in [0.2, 0.25) is 0 Å². The fourth-order valence-corrected chi connectivity index (χ4v) is 2.68. The Labute approximate surface area is 117 Å². The first-order chi connectivity index (χ1) is 9.39. The minimum Gasteiger partial charge on any atom is -0.478 e. The van der Waals surface area contributed by atoms with E-state index >= 15 is 0 Å². The van der Waals surface area contributed by atoms with E-state index in [0.29, 0.717) is 19.4 Å². The van der Waals surface area contributed by atoms with Gasteiger partial charge in [-0.3, -0.25) is 0 Å². The van der Waals surface area contributed by atoms with Crippen LogP contribution in [0, 0.1) is 0 Å². The lowest BCUT2D eigenvalue weighted by Gasteiger charge is -2.16. The number of rotatable bonds is 8. The maximum absolute atomic E-state index is 12.1. The molecule has 1 rings (SSSR count). The molecule has 0 amide bonds. The van der Waals surface area contributed by atoms with E-state index in [2.05, 4.69) is 4.98 Å². The highest BCUT2D eigenvalue weighted by molar-refractivity contribution is 7.89. The molecule has 112 valence electrons. The van der Waals surface area contributed by atoms with Gasteiger partial charge in [-0.2, -0.15) is 4.31 Å². The van der Waals surface area contributed by atoms with Gasteiger partial charge in [-0.05, 0) is 31.4 Å². The van der Waals surface area contributed by atoms with Crippen LogP contribution in [0.4, 0.5) is 0 Å². The van der Waals surface area contributed by atoms with Gasteiger partial charge in [-0.15, -0.1) is 0 Å². The summed E-state index contributed by atoms with van der Waals surface area (Å²) in [6, 6.07) is 2.39. The summed E-state index contributed by atoms with van der Waals surface area (Å²) >= 11 is 0. The summed E-state index contributed by atoms with van der Waals surface area (Å²) in [5.74, 6) is -1.15. The molecule has 2 N–H and O–H groups in total. The molecule has 0 aliphatic heterocycles. The molecule has 0 aromatic carbocycles. The van der Waals surface area contributed by atoms with E-state index in [4.69, 9.17) is 10.2 Å². The predicted octanol–water partition coefficient (Wildman–Crippen LogP) is 0.563. The number of aromatic carboxylic acids is 1. The van der Waals surface area contributed by atoms with Crippen LogP contribution in [0.5, 0.6) is 0 Å². The minimum atomic E-state index is -3.70. The molecule has 0 aliphatic rings. The topological polar surface area (TPSA) is 108 Å². The number of pyridine rings is 1. The molecule has 7 nitrogen and oxygen atoms in total. The van der Waals surface area contributed by atoms with Crippen LogP contribution < -0.4 is 0 Å². The lowest BCUT2D eigenvalue weighted by atomic mass is 10.2. The van der Waals surface area contributed by atoms with Crippen LogP contribution in [-0.4, -0.2) is 54.1 Å². The molecule has 0 atom stereocenters. The van der Waals surface area contributed by atoms with Gasteiger partial charge in [0.2, 0.25) is 0 Å². The van der Waals surface area contributed by atoms with Crippen molar-refractivity contribution in [1.29, 1.82) is 0 Å². The second kappa shape index (κ2) is 7.32. The number of aliphatic hydroxyl groups is 1. The number of hydrogen-bond acceptors (Lipinski definition) is 5. The number of unbranched alkanes of at least 4 members (excludes halogenated alkanes) is 2. The molecule has 1 aromatic heterocycles. The van der Waals surface area contributed by atoms with Gasteiger partial charge < -0.3 is 10.2 Å². The van der Waals surface area contributed by atoms with Gasteiger partial charge in [0.15, 0.2) is 5.03 Å². The molecule has 0 fully saturated rings. The Balaban J connectivity index is 2.74. The maximum atomic E-state index is 12.1. The number of sulfonamides is 1. The van der Waals surface area contributed by atoms with Crippen LogP contribution in [0.1, 0.15) is 29.6 Å². The predicted molar refractivity (Wildman–Crippen MR) is 71.9 cm³/mol. The molecular formula is C12H18N2O5S. The first-order valence-electron chi connectivity index (χ1n) is 6.16. The second-order valence-corrected chi connectivity index (χ2v) is 6.29. The largest absolute Gasteiger partial charge is 0.478 e. The number of hydrogen-bond donors (Lipinski definition) is 2. The van der Waals surface area contributed by atoms with E-state index in [1.54, 1.807) is 0 Å². The van der Waals surface area contributed by atoms with Gasteiger partial charge in [0.1, 0.15) is 0 Å². The zero-order valence-corrected chi connectivity index (χ0v) is 12.0. The molecular weight excluding hydrogens is 284 g/mol. The van der Waals surface area contributed by atoms with Crippen molar-refractivity contribution in [3.05, 3.63) is 23.9 Å². The number of carboxylic acid groups (broad SMARTS) is 1. The molecule has 0 saturated carbocycles. The van der Waals surface area contributed by atoms with Crippen molar-refractivity contribution in [2.75, 3.05) is 20.2 Å². The molecule has 1 heterocycles. The molecule has 0 aliphatic carbocycles. The average Bonchev–Trinajstić information content (AvgIpc) is 2.43. The van der Waals surface area contributed by atoms with Gasteiger partial charge >= 0.3 is 5.97 Å². The Morgan fingerprint density at radius 1 is 1.30 bits per heavy atom. The Bertz CT molecular complexity index is 541. The molecule has 0 saturated heterocycles. The van der Waals surface area contributed by atoms with Gasteiger partial charge in [-0.1, -0.05) is 0 Å². The summed E-state index contributed by atoms with van der Waals surface area (Å²) in [7, 11) is -2.26. The Morgan fingerprint density at radius 2 is 2.00 bits per heavy atom. The Morgan fingerprint density at radius 3 is 2.50 bits per heavy atom. The fraction of sp³-hybridized carbons (Fsp3) is 0.500. The molecule has 0 bridgehead atoms. The van der Waals surface area contributed by atoms with E-state index in [1.165, 1.54) is 23.5 Å². The van der Waals surface area contributed by atoms with Gasteiger partial charge in [0, 0.05) is 26.4 Å². The van der Waals surface area contributed by atoms with Crippen LogP contribution in [-0.2, 0) is 10.0 Å². The van der Waals surface area contributed by atoms with Gasteiger partial charge in [-0.25, -0.2) is 18.2 Å². The van der Waals surface area contributed by atoms with Crippen LogP contribution in [0.15, 0.2) is 23.4 Å². The third kappa shape index (κ3) is 4.26. The molecule has 1 aromatic rings. The number of aromatic nitrogens is 1. The summed E-state index contributed by atoms with van der Waals surface area (Å²) < 4.78 is 25.5. The van der Waals surface area contributed by atoms with Crippen LogP contribution in [0.25, 0.3) is 0 Å². The van der Waals surface area contributed by atoms with E-state index in [1.807, 2.05) is 0 Å². The molecule has 0 spiro atoms. The third-order valence-electron chi connectivity index (χ3n) is 2.79. The minimum absolute atomic E-state index is 0.0606. The number of carboxylic acids is 1. The van der Waals surface area contributed by atoms with Crippen molar-refractivity contribution < 1.29 is 23.4 Å². The SMILES string of the molecule is CN(CCCCCO)S(=O)(=O)c1ccc(C(=O)O)cn1. The van der Waals surface area contributed by atoms with E-state index in [9.17, 15) is 13.2 Å². The lowest BCUT2D eigenvalue weighted by Crippen LogP contribution is -2.28. The monoisotopic (exact) mass is 302 g/mol. The smallest absolute Gasteiger partial charge is 0.337 e. The quantitative estimate of drug-likeness (QED) is 0.679. The Hall–Kier alpha value is -1.51. The maximum Gasteiger partial charge on any atom is 0.337 e.